The number of Topliss-reactive ketones (excluding diaryl/α,β-unsaturated/α-hetero) is 1. The lowest BCUT2D eigenvalue weighted by molar-refractivity contribution is 0.0319. The fourth-order valence-electron chi connectivity index (χ4n) is 3.04. The standard InChI is InChI=1S/C21H20N2O5S/c1-13(20(24)18-12-22-19-5-3-2-4-17(18)19)28-21(25)14-6-10-16(11-7-14)29(26,27)23-15-8-9-15/h2-7,10-13,15,22-23H,8-9H2,1H3. The number of H-pyrrole nitrogens is 1. The normalized spacial score (nSPS) is 15.2. The first-order valence-electron chi connectivity index (χ1n) is 9.29. The number of fused-ring (bicyclic) bond motifs is 1. The van der Waals surface area contributed by atoms with Crippen LogP contribution < -0.4 is 4.72 Å². The summed E-state index contributed by atoms with van der Waals surface area (Å²) in [5.74, 6) is -1.01. The maximum atomic E-state index is 12.7. The van der Waals surface area contributed by atoms with E-state index in [1.165, 1.54) is 31.2 Å². The van der Waals surface area contributed by atoms with Gasteiger partial charge >= 0.3 is 5.97 Å². The molecule has 29 heavy (non-hydrogen) atoms. The van der Waals surface area contributed by atoms with E-state index in [4.69, 9.17) is 4.74 Å². The number of rotatable bonds is 7. The van der Waals surface area contributed by atoms with Gasteiger partial charge in [-0.2, -0.15) is 0 Å². The molecule has 1 aromatic heterocycles. The van der Waals surface area contributed by atoms with E-state index in [9.17, 15) is 18.0 Å². The summed E-state index contributed by atoms with van der Waals surface area (Å²) in [6.45, 7) is 1.51. The molecule has 4 rings (SSSR count). The van der Waals surface area contributed by atoms with Crippen LogP contribution in [-0.2, 0) is 14.8 Å². The lowest BCUT2D eigenvalue weighted by atomic mass is 10.1. The Morgan fingerprint density at radius 1 is 1.10 bits per heavy atom. The number of hydrogen-bond acceptors (Lipinski definition) is 5. The quantitative estimate of drug-likeness (QED) is 0.458. The molecule has 2 N–H and O–H groups in total. The fourth-order valence-corrected chi connectivity index (χ4v) is 4.34. The molecule has 8 heteroatoms. The van der Waals surface area contributed by atoms with Gasteiger partial charge in [0.05, 0.1) is 10.5 Å². The molecule has 7 nitrogen and oxygen atoms in total. The average molecular weight is 412 g/mol. The summed E-state index contributed by atoms with van der Waals surface area (Å²) in [6.07, 6.45) is 2.30. The predicted molar refractivity (Wildman–Crippen MR) is 107 cm³/mol. The van der Waals surface area contributed by atoms with E-state index in [-0.39, 0.29) is 22.3 Å². The Morgan fingerprint density at radius 2 is 1.79 bits per heavy atom. The zero-order chi connectivity index (χ0) is 20.6. The molecule has 0 aliphatic heterocycles. The Hall–Kier alpha value is -2.97. The largest absolute Gasteiger partial charge is 0.451 e. The highest BCUT2D eigenvalue weighted by Crippen LogP contribution is 2.23. The molecule has 0 amide bonds. The molecule has 1 unspecified atom stereocenters. The van der Waals surface area contributed by atoms with E-state index in [0.717, 1.165) is 23.7 Å². The van der Waals surface area contributed by atoms with Crippen molar-refractivity contribution in [3.05, 3.63) is 65.9 Å². The van der Waals surface area contributed by atoms with Crippen LogP contribution in [0.15, 0.2) is 59.6 Å². The highest BCUT2D eigenvalue weighted by molar-refractivity contribution is 7.89. The molecule has 150 valence electrons. The minimum Gasteiger partial charge on any atom is -0.451 e. The van der Waals surface area contributed by atoms with Crippen LogP contribution in [0.25, 0.3) is 10.9 Å². The van der Waals surface area contributed by atoms with Crippen LogP contribution >= 0.6 is 0 Å². The van der Waals surface area contributed by atoms with Gasteiger partial charge in [-0.25, -0.2) is 17.9 Å². The summed E-state index contributed by atoms with van der Waals surface area (Å²) in [7, 11) is -3.59. The lowest BCUT2D eigenvalue weighted by Gasteiger charge is -2.12. The predicted octanol–water partition coefficient (Wildman–Crippen LogP) is 3.04. The summed E-state index contributed by atoms with van der Waals surface area (Å²) in [5.41, 5.74) is 1.45. The molecule has 1 aliphatic carbocycles. The van der Waals surface area contributed by atoms with Crippen molar-refractivity contribution in [1.82, 2.24) is 9.71 Å². The summed E-state index contributed by atoms with van der Waals surface area (Å²) in [4.78, 5) is 28.2. The van der Waals surface area contributed by atoms with E-state index in [1.807, 2.05) is 24.3 Å². The molecule has 3 aromatic rings. The summed E-state index contributed by atoms with van der Waals surface area (Å²) in [5, 5.41) is 0.762. The molecule has 0 spiro atoms. The van der Waals surface area contributed by atoms with Gasteiger partial charge in [-0.15, -0.1) is 0 Å². The van der Waals surface area contributed by atoms with E-state index >= 15 is 0 Å². The average Bonchev–Trinajstić information content (AvgIpc) is 3.41. The highest BCUT2D eigenvalue weighted by Gasteiger charge is 2.28. The van der Waals surface area contributed by atoms with Crippen LogP contribution in [-0.4, -0.2) is 37.3 Å². The molecule has 0 bridgehead atoms. The van der Waals surface area contributed by atoms with Gasteiger partial charge in [-0.05, 0) is 50.1 Å². The molecule has 1 aliphatic rings. The Balaban J connectivity index is 1.45. The van der Waals surface area contributed by atoms with E-state index in [2.05, 4.69) is 9.71 Å². The van der Waals surface area contributed by atoms with Crippen molar-refractivity contribution in [2.45, 2.75) is 36.8 Å². The maximum Gasteiger partial charge on any atom is 0.338 e. The number of carbonyl (C=O) groups is 2. The SMILES string of the molecule is CC(OC(=O)c1ccc(S(=O)(=O)NC2CC2)cc1)C(=O)c1c[nH]c2ccccc12. The fraction of sp³-hybridized carbons (Fsp3) is 0.238. The van der Waals surface area contributed by atoms with Crippen LogP contribution in [0, 0.1) is 0 Å². The van der Waals surface area contributed by atoms with Gasteiger partial charge in [0.25, 0.3) is 0 Å². The third-order valence-corrected chi connectivity index (χ3v) is 6.34. The number of ether oxygens (including phenoxy) is 1. The third kappa shape index (κ3) is 4.08. The summed E-state index contributed by atoms with van der Waals surface area (Å²) in [6, 6.07) is 12.8. The number of esters is 1. The first kappa shape index (κ1) is 19.4. The lowest BCUT2D eigenvalue weighted by Crippen LogP contribution is -2.26. The molecule has 1 fully saturated rings. The molecule has 0 radical (unpaired) electrons. The van der Waals surface area contributed by atoms with Crippen molar-refractivity contribution in [2.24, 2.45) is 0 Å². The number of para-hydroxylation sites is 1. The molecule has 1 atom stereocenters. The van der Waals surface area contributed by atoms with Crippen molar-refractivity contribution in [3.8, 4) is 0 Å². The van der Waals surface area contributed by atoms with Gasteiger partial charge in [-0.1, -0.05) is 18.2 Å². The van der Waals surface area contributed by atoms with E-state index < -0.39 is 22.1 Å². The number of nitrogens with one attached hydrogen (secondary N) is 2. The highest BCUT2D eigenvalue weighted by atomic mass is 32.2. The molecule has 1 saturated carbocycles. The van der Waals surface area contributed by atoms with Gasteiger partial charge in [0.1, 0.15) is 0 Å². The smallest absolute Gasteiger partial charge is 0.338 e. The van der Waals surface area contributed by atoms with Gasteiger partial charge < -0.3 is 9.72 Å². The van der Waals surface area contributed by atoms with Crippen molar-refractivity contribution in [1.29, 1.82) is 0 Å². The number of sulfonamides is 1. The Labute approximate surface area is 168 Å². The zero-order valence-electron chi connectivity index (χ0n) is 15.7. The molecular weight excluding hydrogens is 392 g/mol. The Morgan fingerprint density at radius 3 is 2.48 bits per heavy atom. The van der Waals surface area contributed by atoms with Crippen LogP contribution in [0.3, 0.4) is 0 Å². The Bertz CT molecular complexity index is 1180. The summed E-state index contributed by atoms with van der Waals surface area (Å²) < 4.78 is 32.3. The number of benzene rings is 2. The minimum atomic E-state index is -3.59. The number of aromatic nitrogens is 1. The van der Waals surface area contributed by atoms with Gasteiger partial charge in [0, 0.05) is 28.7 Å². The first-order chi connectivity index (χ1) is 13.8. The third-order valence-electron chi connectivity index (χ3n) is 4.81. The monoisotopic (exact) mass is 412 g/mol. The van der Waals surface area contributed by atoms with Crippen molar-refractivity contribution in [2.75, 3.05) is 0 Å². The Kier molecular flexibility index (Phi) is 4.97. The molecule has 1 heterocycles. The number of ketones is 1. The van der Waals surface area contributed by atoms with E-state index in [1.54, 1.807) is 6.20 Å². The van der Waals surface area contributed by atoms with Crippen LogP contribution in [0.5, 0.6) is 0 Å². The second-order valence-electron chi connectivity index (χ2n) is 7.08. The number of aromatic amines is 1. The van der Waals surface area contributed by atoms with Gasteiger partial charge in [0.15, 0.2) is 6.10 Å². The van der Waals surface area contributed by atoms with Crippen LogP contribution in [0.4, 0.5) is 0 Å². The second kappa shape index (κ2) is 7.46. The van der Waals surface area contributed by atoms with Crippen LogP contribution in [0.1, 0.15) is 40.5 Å². The first-order valence-corrected chi connectivity index (χ1v) is 10.8. The zero-order valence-corrected chi connectivity index (χ0v) is 16.5. The van der Waals surface area contributed by atoms with E-state index in [0.29, 0.717) is 5.56 Å². The molecule has 0 saturated heterocycles. The van der Waals surface area contributed by atoms with Gasteiger partial charge in [-0.3, -0.25) is 4.79 Å². The van der Waals surface area contributed by atoms with Crippen molar-refractivity contribution in [3.63, 3.8) is 0 Å². The maximum absolute atomic E-state index is 12.7. The number of hydrogen-bond donors (Lipinski definition) is 2. The van der Waals surface area contributed by atoms with Crippen molar-refractivity contribution >= 4 is 32.7 Å². The topological polar surface area (TPSA) is 105 Å². The number of carbonyl (C=O) groups excluding carboxylic acids is 2. The van der Waals surface area contributed by atoms with Crippen molar-refractivity contribution < 1.29 is 22.7 Å². The molecular formula is C21H20N2O5S. The van der Waals surface area contributed by atoms with Gasteiger partial charge in [0.2, 0.25) is 15.8 Å². The summed E-state index contributed by atoms with van der Waals surface area (Å²) >= 11 is 0. The van der Waals surface area contributed by atoms with Crippen LogP contribution in [0.2, 0.25) is 0 Å². The minimum absolute atomic E-state index is 0.000941. The second-order valence-corrected chi connectivity index (χ2v) is 8.79. The molecule has 2 aromatic carbocycles.